The van der Waals surface area contributed by atoms with Gasteiger partial charge < -0.3 is 4.42 Å². The summed E-state index contributed by atoms with van der Waals surface area (Å²) in [5.41, 5.74) is 0.791. The highest BCUT2D eigenvalue weighted by Crippen LogP contribution is 2.14. The Bertz CT molecular complexity index is 374. The summed E-state index contributed by atoms with van der Waals surface area (Å²) < 4.78 is 4.87. The first-order valence-corrected chi connectivity index (χ1v) is 3.61. The maximum Gasteiger partial charge on any atom is 0.225 e. The van der Waals surface area contributed by atoms with Gasteiger partial charge in [-0.05, 0) is 17.7 Å². The summed E-state index contributed by atoms with van der Waals surface area (Å²) in [6.45, 7) is 0. The van der Waals surface area contributed by atoms with E-state index in [2.05, 4.69) is 15.0 Å². The largest absolute Gasteiger partial charge is 0.472 e. The van der Waals surface area contributed by atoms with Crippen LogP contribution in [-0.2, 0) is 0 Å². The lowest BCUT2D eigenvalue weighted by Gasteiger charge is -1.92. The first kappa shape index (κ1) is 7.24. The molecule has 0 saturated heterocycles. The molecular formula is C7H4ClN3O. The molecule has 0 N–H and O–H groups in total. The van der Waals surface area contributed by atoms with Gasteiger partial charge in [-0.15, -0.1) is 0 Å². The zero-order valence-corrected chi connectivity index (χ0v) is 6.69. The molecule has 0 bridgehead atoms. The molecule has 2 heterocycles. The topological polar surface area (TPSA) is 51.8 Å². The van der Waals surface area contributed by atoms with E-state index in [1.807, 2.05) is 0 Å². The molecule has 2 aromatic rings. The van der Waals surface area contributed by atoms with Gasteiger partial charge in [0.05, 0.1) is 11.8 Å². The molecule has 0 aliphatic rings. The van der Waals surface area contributed by atoms with Gasteiger partial charge in [0.2, 0.25) is 5.28 Å². The maximum atomic E-state index is 5.57. The highest BCUT2D eigenvalue weighted by molar-refractivity contribution is 6.28. The average Bonchev–Trinajstić information content (AvgIpc) is 2.56. The quantitative estimate of drug-likeness (QED) is 0.673. The summed E-state index contributed by atoms with van der Waals surface area (Å²) in [7, 11) is 0. The van der Waals surface area contributed by atoms with E-state index in [0.29, 0.717) is 5.82 Å². The lowest BCUT2D eigenvalue weighted by molar-refractivity contribution is 0.568. The normalized spacial score (nSPS) is 10.1. The Labute approximate surface area is 73.2 Å². The third-order valence-corrected chi connectivity index (χ3v) is 1.50. The van der Waals surface area contributed by atoms with Gasteiger partial charge in [-0.3, -0.25) is 0 Å². The van der Waals surface area contributed by atoms with Crippen LogP contribution in [0.5, 0.6) is 0 Å². The molecule has 0 aliphatic carbocycles. The van der Waals surface area contributed by atoms with Crippen LogP contribution in [0.25, 0.3) is 11.4 Å². The SMILES string of the molecule is Clc1ncnc(-c2ccoc2)n1. The minimum Gasteiger partial charge on any atom is -0.472 e. The second-order valence-corrected chi connectivity index (χ2v) is 2.43. The van der Waals surface area contributed by atoms with Gasteiger partial charge in [-0.1, -0.05) is 0 Å². The van der Waals surface area contributed by atoms with Crippen molar-refractivity contribution < 1.29 is 4.42 Å². The standard InChI is InChI=1S/C7H4ClN3O/c8-7-10-4-9-6(11-7)5-1-2-12-3-5/h1-4H. The molecule has 0 aromatic carbocycles. The minimum absolute atomic E-state index is 0.182. The Morgan fingerprint density at radius 3 is 2.92 bits per heavy atom. The fourth-order valence-corrected chi connectivity index (χ4v) is 0.931. The first-order valence-electron chi connectivity index (χ1n) is 3.23. The maximum absolute atomic E-state index is 5.57. The predicted octanol–water partition coefficient (Wildman–Crippen LogP) is 1.78. The molecule has 4 nitrogen and oxygen atoms in total. The Balaban J connectivity index is 2.48. The number of aromatic nitrogens is 3. The molecule has 2 aromatic heterocycles. The predicted molar refractivity (Wildman–Crippen MR) is 42.5 cm³/mol. The Morgan fingerprint density at radius 2 is 2.25 bits per heavy atom. The zero-order chi connectivity index (χ0) is 8.39. The second kappa shape index (κ2) is 2.91. The third-order valence-electron chi connectivity index (χ3n) is 1.32. The van der Waals surface area contributed by atoms with E-state index in [-0.39, 0.29) is 5.28 Å². The van der Waals surface area contributed by atoms with E-state index in [0.717, 1.165) is 5.56 Å². The molecule has 0 saturated carbocycles. The summed E-state index contributed by atoms with van der Waals surface area (Å²) in [6.07, 6.45) is 4.45. The van der Waals surface area contributed by atoms with Crippen LogP contribution in [0, 0.1) is 0 Å². The lowest BCUT2D eigenvalue weighted by Crippen LogP contribution is -1.89. The van der Waals surface area contributed by atoms with Crippen LogP contribution in [0.4, 0.5) is 0 Å². The number of halogens is 1. The van der Waals surface area contributed by atoms with Gasteiger partial charge in [-0.25, -0.2) is 9.97 Å². The fraction of sp³-hybridized carbons (Fsp3) is 0. The molecule has 0 radical (unpaired) electrons. The lowest BCUT2D eigenvalue weighted by atomic mass is 10.3. The van der Waals surface area contributed by atoms with Crippen molar-refractivity contribution in [1.82, 2.24) is 15.0 Å². The van der Waals surface area contributed by atoms with Gasteiger partial charge in [0.15, 0.2) is 5.82 Å². The smallest absolute Gasteiger partial charge is 0.225 e. The second-order valence-electron chi connectivity index (χ2n) is 2.09. The van der Waals surface area contributed by atoms with Gasteiger partial charge >= 0.3 is 0 Å². The molecule has 60 valence electrons. The molecule has 5 heteroatoms. The molecule has 0 spiro atoms. The molecule has 0 fully saturated rings. The van der Waals surface area contributed by atoms with Crippen LogP contribution in [0.3, 0.4) is 0 Å². The molecule has 0 amide bonds. The molecule has 2 rings (SSSR count). The van der Waals surface area contributed by atoms with Crippen molar-refractivity contribution in [1.29, 1.82) is 0 Å². The number of furan rings is 1. The summed E-state index contributed by atoms with van der Waals surface area (Å²) >= 11 is 5.57. The Morgan fingerprint density at radius 1 is 1.33 bits per heavy atom. The van der Waals surface area contributed by atoms with E-state index >= 15 is 0 Å². The van der Waals surface area contributed by atoms with E-state index < -0.39 is 0 Å². The molecular weight excluding hydrogens is 178 g/mol. The Kier molecular flexibility index (Phi) is 1.75. The number of rotatable bonds is 1. The fourth-order valence-electron chi connectivity index (χ4n) is 0.807. The summed E-state index contributed by atoms with van der Waals surface area (Å²) in [4.78, 5) is 11.5. The first-order chi connectivity index (χ1) is 5.86. The third kappa shape index (κ3) is 1.29. The minimum atomic E-state index is 0.182. The van der Waals surface area contributed by atoms with Gasteiger partial charge in [0.25, 0.3) is 0 Å². The van der Waals surface area contributed by atoms with Gasteiger partial charge in [0.1, 0.15) is 12.6 Å². The van der Waals surface area contributed by atoms with Crippen LogP contribution in [0.15, 0.2) is 29.3 Å². The van der Waals surface area contributed by atoms with Crippen molar-refractivity contribution >= 4 is 11.6 Å². The summed E-state index contributed by atoms with van der Waals surface area (Å²) in [5.74, 6) is 0.517. The monoisotopic (exact) mass is 181 g/mol. The van der Waals surface area contributed by atoms with Crippen LogP contribution in [0.2, 0.25) is 5.28 Å². The van der Waals surface area contributed by atoms with Crippen molar-refractivity contribution in [3.8, 4) is 11.4 Å². The number of hydrogen-bond donors (Lipinski definition) is 0. The van der Waals surface area contributed by atoms with Gasteiger partial charge in [-0.2, -0.15) is 4.98 Å². The zero-order valence-electron chi connectivity index (χ0n) is 5.94. The molecule has 12 heavy (non-hydrogen) atoms. The Hall–Kier alpha value is -1.42. The van der Waals surface area contributed by atoms with E-state index in [4.69, 9.17) is 16.0 Å². The van der Waals surface area contributed by atoms with E-state index in [9.17, 15) is 0 Å². The molecule has 0 aliphatic heterocycles. The van der Waals surface area contributed by atoms with Crippen LogP contribution in [0.1, 0.15) is 0 Å². The average molecular weight is 182 g/mol. The van der Waals surface area contributed by atoms with Crippen molar-refractivity contribution in [3.05, 3.63) is 30.2 Å². The van der Waals surface area contributed by atoms with Crippen LogP contribution < -0.4 is 0 Å². The highest BCUT2D eigenvalue weighted by Gasteiger charge is 2.02. The molecule has 0 unspecified atom stereocenters. The van der Waals surface area contributed by atoms with Crippen molar-refractivity contribution in [2.45, 2.75) is 0 Å². The van der Waals surface area contributed by atoms with E-state index in [1.54, 1.807) is 18.6 Å². The summed E-state index contributed by atoms with van der Waals surface area (Å²) in [6, 6.07) is 1.76. The number of hydrogen-bond acceptors (Lipinski definition) is 4. The summed E-state index contributed by atoms with van der Waals surface area (Å²) in [5, 5.41) is 0.182. The highest BCUT2D eigenvalue weighted by atomic mass is 35.5. The number of nitrogens with zero attached hydrogens (tertiary/aromatic N) is 3. The van der Waals surface area contributed by atoms with Crippen LogP contribution in [-0.4, -0.2) is 15.0 Å². The van der Waals surface area contributed by atoms with Crippen LogP contribution >= 0.6 is 11.6 Å². The van der Waals surface area contributed by atoms with Crippen molar-refractivity contribution in [3.63, 3.8) is 0 Å². The van der Waals surface area contributed by atoms with Gasteiger partial charge in [0, 0.05) is 0 Å². The van der Waals surface area contributed by atoms with E-state index in [1.165, 1.54) is 6.33 Å². The molecule has 0 atom stereocenters. The van der Waals surface area contributed by atoms with Crippen molar-refractivity contribution in [2.24, 2.45) is 0 Å². The van der Waals surface area contributed by atoms with Crippen molar-refractivity contribution in [2.75, 3.05) is 0 Å².